The maximum Gasteiger partial charge on any atom is 0.145 e. The van der Waals surface area contributed by atoms with Gasteiger partial charge in [0.2, 0.25) is 0 Å². The van der Waals surface area contributed by atoms with E-state index in [0.29, 0.717) is 0 Å². The molecule has 0 spiro atoms. The molecule has 9 aromatic rings. The average Bonchev–Trinajstić information content (AvgIpc) is 3.49. The molecule has 0 aliphatic heterocycles. The maximum absolute atomic E-state index is 6.04. The SMILES string of the molecule is COc1c(-c2ccccc2)cc(C)cc1-c1ccc(-c2cc(C)c3c(c2)c2cccc4c2c2c3cccc2c2nc(C)cn42)cc1. The van der Waals surface area contributed by atoms with Crippen LogP contribution in [0.2, 0.25) is 0 Å². The highest BCUT2D eigenvalue weighted by Crippen LogP contribution is 2.45. The number of aryl methyl sites for hydroxylation is 3. The first-order valence-corrected chi connectivity index (χ1v) is 15.8. The molecule has 3 nitrogen and oxygen atoms in total. The van der Waals surface area contributed by atoms with Crippen LogP contribution in [0.5, 0.6) is 5.75 Å². The number of hydrogen-bond donors (Lipinski definition) is 0. The summed E-state index contributed by atoms with van der Waals surface area (Å²) in [6.07, 6.45) is 2.16. The summed E-state index contributed by atoms with van der Waals surface area (Å²) < 4.78 is 8.30. The zero-order valence-corrected chi connectivity index (χ0v) is 26.3. The van der Waals surface area contributed by atoms with Crippen molar-refractivity contribution in [3.63, 3.8) is 0 Å². The molecule has 220 valence electrons. The Labute approximate surface area is 267 Å². The van der Waals surface area contributed by atoms with Gasteiger partial charge in [-0.3, -0.25) is 4.40 Å². The summed E-state index contributed by atoms with van der Waals surface area (Å²) in [6, 6.07) is 42.0. The Bertz CT molecular complexity index is 2630. The molecule has 7 aromatic carbocycles. The minimum Gasteiger partial charge on any atom is -0.495 e. The molecule has 46 heavy (non-hydrogen) atoms. The van der Waals surface area contributed by atoms with Crippen LogP contribution in [-0.4, -0.2) is 16.5 Å². The Morgan fingerprint density at radius 2 is 1.22 bits per heavy atom. The summed E-state index contributed by atoms with van der Waals surface area (Å²) in [5, 5.41) is 8.99. The largest absolute Gasteiger partial charge is 0.495 e. The van der Waals surface area contributed by atoms with Gasteiger partial charge in [-0.05, 0) is 100.0 Å². The van der Waals surface area contributed by atoms with Crippen LogP contribution in [0.4, 0.5) is 0 Å². The highest BCUT2D eigenvalue weighted by atomic mass is 16.5. The molecule has 0 amide bonds. The van der Waals surface area contributed by atoms with Gasteiger partial charge in [0.15, 0.2) is 0 Å². The number of nitrogens with zero attached hydrogens (tertiary/aromatic N) is 2. The van der Waals surface area contributed by atoms with E-state index in [9.17, 15) is 0 Å². The summed E-state index contributed by atoms with van der Waals surface area (Å²) in [7, 11) is 1.77. The maximum atomic E-state index is 6.04. The van der Waals surface area contributed by atoms with Crippen LogP contribution < -0.4 is 4.74 Å². The Morgan fingerprint density at radius 3 is 1.98 bits per heavy atom. The van der Waals surface area contributed by atoms with Crippen LogP contribution >= 0.6 is 0 Å². The molecule has 9 rings (SSSR count). The van der Waals surface area contributed by atoms with Crippen molar-refractivity contribution in [1.29, 1.82) is 0 Å². The van der Waals surface area contributed by atoms with Gasteiger partial charge >= 0.3 is 0 Å². The van der Waals surface area contributed by atoms with Crippen molar-refractivity contribution in [3.05, 3.63) is 138 Å². The Balaban J connectivity index is 1.24. The predicted molar refractivity (Wildman–Crippen MR) is 193 cm³/mol. The van der Waals surface area contributed by atoms with Gasteiger partial charge in [0, 0.05) is 33.5 Å². The summed E-state index contributed by atoms with van der Waals surface area (Å²) in [6.45, 7) is 6.48. The lowest BCUT2D eigenvalue weighted by Gasteiger charge is -2.18. The second kappa shape index (κ2) is 9.92. The molecule has 0 saturated heterocycles. The van der Waals surface area contributed by atoms with Crippen molar-refractivity contribution in [2.24, 2.45) is 0 Å². The first-order chi connectivity index (χ1) is 22.5. The van der Waals surface area contributed by atoms with Crippen LogP contribution in [0.3, 0.4) is 0 Å². The van der Waals surface area contributed by atoms with Gasteiger partial charge in [0.1, 0.15) is 11.4 Å². The second-order valence-electron chi connectivity index (χ2n) is 12.6. The topological polar surface area (TPSA) is 26.5 Å². The molecule has 0 aliphatic rings. The van der Waals surface area contributed by atoms with Crippen LogP contribution in [0.15, 0.2) is 121 Å². The highest BCUT2D eigenvalue weighted by molar-refractivity contribution is 6.35. The van der Waals surface area contributed by atoms with Crippen LogP contribution in [0.25, 0.3) is 82.2 Å². The molecule has 2 aromatic heterocycles. The molecule has 0 radical (unpaired) electrons. The summed E-state index contributed by atoms with van der Waals surface area (Å²) >= 11 is 0. The fourth-order valence-corrected chi connectivity index (χ4v) is 7.72. The van der Waals surface area contributed by atoms with Gasteiger partial charge in [-0.25, -0.2) is 4.98 Å². The molecule has 0 aliphatic carbocycles. The third-order valence-electron chi connectivity index (χ3n) is 9.63. The lowest BCUT2D eigenvalue weighted by molar-refractivity contribution is 0.418. The van der Waals surface area contributed by atoms with E-state index in [1.807, 2.05) is 6.07 Å². The van der Waals surface area contributed by atoms with E-state index in [2.05, 4.69) is 141 Å². The van der Waals surface area contributed by atoms with E-state index in [0.717, 1.165) is 39.3 Å². The quantitative estimate of drug-likeness (QED) is 0.150. The normalized spacial score (nSPS) is 11.9. The van der Waals surface area contributed by atoms with Crippen molar-refractivity contribution < 1.29 is 4.74 Å². The van der Waals surface area contributed by atoms with Gasteiger partial charge in [0.25, 0.3) is 0 Å². The molecular weight excluding hydrogens is 560 g/mol. The number of hydrogen-bond acceptors (Lipinski definition) is 2. The molecule has 0 bridgehead atoms. The Morgan fingerprint density at radius 1 is 0.543 bits per heavy atom. The van der Waals surface area contributed by atoms with Crippen molar-refractivity contribution in [2.45, 2.75) is 20.8 Å². The average molecular weight is 593 g/mol. The zero-order valence-electron chi connectivity index (χ0n) is 26.3. The second-order valence-corrected chi connectivity index (χ2v) is 12.6. The number of pyridine rings is 1. The van der Waals surface area contributed by atoms with E-state index >= 15 is 0 Å². The monoisotopic (exact) mass is 592 g/mol. The lowest BCUT2D eigenvalue weighted by Crippen LogP contribution is -1.95. The van der Waals surface area contributed by atoms with Crippen LogP contribution in [0.1, 0.15) is 16.8 Å². The predicted octanol–water partition coefficient (Wildman–Crippen LogP) is 11.3. The fourth-order valence-electron chi connectivity index (χ4n) is 7.72. The standard InChI is InChI=1S/C43H32N2O/c1-25-20-35(29-10-6-5-7-11-29)42(46-4)36(21-25)30-18-16-28(17-19-30)31-22-26(2)39-33-13-8-14-34-40(33)41-32(37(39)23-31)12-9-15-38(41)45-24-27(3)44-43(34)45/h5-24H,1-4H3. The molecule has 3 heteroatoms. The molecule has 0 fully saturated rings. The summed E-state index contributed by atoms with van der Waals surface area (Å²) in [5.41, 5.74) is 12.7. The molecular formula is C43H32N2O. The molecule has 0 atom stereocenters. The van der Waals surface area contributed by atoms with Gasteiger partial charge in [-0.1, -0.05) is 91.0 Å². The van der Waals surface area contributed by atoms with E-state index in [1.54, 1.807) is 7.11 Å². The summed E-state index contributed by atoms with van der Waals surface area (Å²) in [4.78, 5) is 4.94. The lowest BCUT2D eigenvalue weighted by atomic mass is 9.87. The number of fused-ring (bicyclic) bond motifs is 6. The first kappa shape index (κ1) is 26.7. The molecule has 0 unspecified atom stereocenters. The van der Waals surface area contributed by atoms with Gasteiger partial charge < -0.3 is 4.74 Å². The number of rotatable bonds is 4. The third-order valence-corrected chi connectivity index (χ3v) is 9.63. The number of methoxy groups -OCH3 is 1. The minimum atomic E-state index is 0.900. The number of benzene rings is 7. The van der Waals surface area contributed by atoms with Crippen molar-refractivity contribution >= 4 is 48.9 Å². The van der Waals surface area contributed by atoms with E-state index in [1.165, 1.54) is 65.5 Å². The number of ether oxygens (including phenoxy) is 1. The van der Waals surface area contributed by atoms with Crippen molar-refractivity contribution in [2.75, 3.05) is 7.11 Å². The van der Waals surface area contributed by atoms with Gasteiger partial charge in [0.05, 0.1) is 18.3 Å². The van der Waals surface area contributed by atoms with E-state index in [4.69, 9.17) is 9.72 Å². The molecule has 0 saturated carbocycles. The van der Waals surface area contributed by atoms with E-state index in [-0.39, 0.29) is 0 Å². The number of imidazole rings is 1. The van der Waals surface area contributed by atoms with Gasteiger partial charge in [-0.2, -0.15) is 0 Å². The Hall–Kier alpha value is -5.67. The van der Waals surface area contributed by atoms with Crippen molar-refractivity contribution in [3.8, 4) is 39.1 Å². The highest BCUT2D eigenvalue weighted by Gasteiger charge is 2.20. The fraction of sp³-hybridized carbons (Fsp3) is 0.0930. The molecule has 0 N–H and O–H groups in total. The zero-order chi connectivity index (χ0) is 31.1. The minimum absolute atomic E-state index is 0.900. The number of aromatic nitrogens is 2. The van der Waals surface area contributed by atoms with Crippen molar-refractivity contribution in [1.82, 2.24) is 9.38 Å². The smallest absolute Gasteiger partial charge is 0.145 e. The van der Waals surface area contributed by atoms with Crippen LogP contribution in [-0.2, 0) is 0 Å². The summed E-state index contributed by atoms with van der Waals surface area (Å²) in [5.74, 6) is 0.900. The molecule has 2 heterocycles. The van der Waals surface area contributed by atoms with Crippen LogP contribution in [0, 0.1) is 20.8 Å². The van der Waals surface area contributed by atoms with Gasteiger partial charge in [-0.15, -0.1) is 0 Å². The first-order valence-electron chi connectivity index (χ1n) is 15.8. The Kier molecular flexibility index (Phi) is 5.76. The van der Waals surface area contributed by atoms with E-state index < -0.39 is 0 Å². The third kappa shape index (κ3) is 3.81.